The van der Waals surface area contributed by atoms with Gasteiger partial charge in [0, 0.05) is 31.9 Å². The van der Waals surface area contributed by atoms with Gasteiger partial charge in [-0.05, 0) is 42.2 Å². The highest BCUT2D eigenvalue weighted by Gasteiger charge is 2.45. The van der Waals surface area contributed by atoms with Crippen LogP contribution in [0.5, 0.6) is 0 Å². The van der Waals surface area contributed by atoms with E-state index in [4.69, 9.17) is 0 Å². The lowest BCUT2D eigenvalue weighted by Crippen LogP contribution is -2.56. The van der Waals surface area contributed by atoms with Crippen molar-refractivity contribution in [2.75, 3.05) is 20.1 Å². The normalized spacial score (nSPS) is 18.6. The van der Waals surface area contributed by atoms with Gasteiger partial charge in [-0.3, -0.25) is 14.6 Å². The van der Waals surface area contributed by atoms with E-state index in [-0.39, 0.29) is 11.8 Å². The minimum Gasteiger partial charge on any atom is -0.358 e. The molecule has 5 heteroatoms. The Morgan fingerprint density at radius 2 is 1.70 bits per heavy atom. The van der Waals surface area contributed by atoms with E-state index in [1.165, 1.54) is 0 Å². The number of carbonyl (C=O) groups excluding carboxylic acids is 2. The minimum atomic E-state index is -0.842. The van der Waals surface area contributed by atoms with E-state index in [2.05, 4.69) is 10.3 Å². The smallest absolute Gasteiger partial charge is 0.254 e. The number of hydrogen-bond acceptors (Lipinski definition) is 3. The van der Waals surface area contributed by atoms with Crippen LogP contribution in [0.15, 0.2) is 79.0 Å². The summed E-state index contributed by atoms with van der Waals surface area (Å²) in [5.41, 5.74) is 2.42. The number of pyridine rings is 1. The van der Waals surface area contributed by atoms with Crippen LogP contribution >= 0.6 is 0 Å². The number of rotatable bonds is 4. The average molecular weight is 399 g/mol. The summed E-state index contributed by atoms with van der Waals surface area (Å²) in [4.78, 5) is 32.9. The molecular weight excluding hydrogens is 374 g/mol. The van der Waals surface area contributed by atoms with Crippen molar-refractivity contribution in [2.45, 2.75) is 18.3 Å². The van der Waals surface area contributed by atoms with Crippen LogP contribution in [-0.2, 0) is 10.2 Å². The van der Waals surface area contributed by atoms with Crippen LogP contribution < -0.4 is 5.32 Å². The largest absolute Gasteiger partial charge is 0.358 e. The fourth-order valence-electron chi connectivity index (χ4n) is 4.33. The van der Waals surface area contributed by atoms with Gasteiger partial charge in [0.15, 0.2) is 0 Å². The number of hydrogen-bond donors (Lipinski definition) is 1. The molecule has 0 spiro atoms. The summed E-state index contributed by atoms with van der Waals surface area (Å²) >= 11 is 0. The number of likely N-dealkylation sites (tertiary alicyclic amines) is 1. The molecule has 0 bridgehead atoms. The van der Waals surface area contributed by atoms with Gasteiger partial charge in [-0.1, -0.05) is 54.6 Å². The number of carbonyl (C=O) groups is 2. The van der Waals surface area contributed by atoms with Gasteiger partial charge < -0.3 is 10.2 Å². The van der Waals surface area contributed by atoms with E-state index in [9.17, 15) is 9.59 Å². The lowest BCUT2D eigenvalue weighted by atomic mass is 9.75. The highest BCUT2D eigenvalue weighted by atomic mass is 16.2. The van der Waals surface area contributed by atoms with E-state index >= 15 is 0 Å². The number of aromatic nitrogens is 1. The molecule has 1 atom stereocenters. The van der Waals surface area contributed by atoms with Crippen molar-refractivity contribution < 1.29 is 9.59 Å². The first-order chi connectivity index (χ1) is 14.7. The molecule has 0 saturated carbocycles. The Labute approximate surface area is 176 Å². The third kappa shape index (κ3) is 3.59. The Bertz CT molecular complexity index is 1040. The maximum absolute atomic E-state index is 13.6. The molecule has 1 aliphatic heterocycles. The topological polar surface area (TPSA) is 62.3 Å². The predicted molar refractivity (Wildman–Crippen MR) is 117 cm³/mol. The third-order valence-corrected chi connectivity index (χ3v) is 5.84. The second-order valence-corrected chi connectivity index (χ2v) is 7.62. The van der Waals surface area contributed by atoms with Gasteiger partial charge in [0.25, 0.3) is 5.91 Å². The molecule has 5 nitrogen and oxygen atoms in total. The molecule has 1 saturated heterocycles. The van der Waals surface area contributed by atoms with Crippen molar-refractivity contribution in [1.29, 1.82) is 0 Å². The second kappa shape index (κ2) is 8.49. The number of piperidine rings is 1. The first-order valence-corrected chi connectivity index (χ1v) is 10.2. The number of benzene rings is 2. The fraction of sp³-hybridized carbons (Fsp3) is 0.240. The summed E-state index contributed by atoms with van der Waals surface area (Å²) in [6.45, 7) is 0.930. The van der Waals surface area contributed by atoms with Crippen molar-refractivity contribution >= 4 is 11.8 Å². The minimum absolute atomic E-state index is 0.0571. The first-order valence-electron chi connectivity index (χ1n) is 10.2. The Morgan fingerprint density at radius 1 is 0.967 bits per heavy atom. The molecule has 30 heavy (non-hydrogen) atoms. The molecule has 2 aromatic carbocycles. The Morgan fingerprint density at radius 3 is 2.43 bits per heavy atom. The molecule has 1 N–H and O–H groups in total. The maximum Gasteiger partial charge on any atom is 0.254 e. The molecule has 2 heterocycles. The van der Waals surface area contributed by atoms with Crippen molar-refractivity contribution in [2.24, 2.45) is 0 Å². The second-order valence-electron chi connectivity index (χ2n) is 7.62. The third-order valence-electron chi connectivity index (χ3n) is 5.84. The van der Waals surface area contributed by atoms with Crippen LogP contribution in [0.3, 0.4) is 0 Å². The molecule has 1 unspecified atom stereocenters. The highest BCUT2D eigenvalue weighted by molar-refractivity contribution is 6.01. The predicted octanol–water partition coefficient (Wildman–Crippen LogP) is 3.67. The number of amides is 2. The van der Waals surface area contributed by atoms with Crippen LogP contribution in [0, 0.1) is 0 Å². The zero-order chi connectivity index (χ0) is 21.0. The van der Waals surface area contributed by atoms with Crippen LogP contribution in [-0.4, -0.2) is 41.8 Å². The van der Waals surface area contributed by atoms with E-state index < -0.39 is 5.41 Å². The van der Waals surface area contributed by atoms with Gasteiger partial charge in [-0.25, -0.2) is 0 Å². The number of likely N-dealkylation sites (N-methyl/N-ethyl adjacent to an activating group) is 1. The van der Waals surface area contributed by atoms with E-state index in [0.717, 1.165) is 17.5 Å². The van der Waals surface area contributed by atoms with Gasteiger partial charge in [0.05, 0.1) is 5.69 Å². The summed E-state index contributed by atoms with van der Waals surface area (Å²) in [5, 5.41) is 2.79. The lowest BCUT2D eigenvalue weighted by molar-refractivity contribution is -0.128. The molecule has 1 aromatic heterocycles. The van der Waals surface area contributed by atoms with E-state index in [1.54, 1.807) is 18.1 Å². The van der Waals surface area contributed by atoms with Crippen LogP contribution in [0.25, 0.3) is 11.1 Å². The van der Waals surface area contributed by atoms with Crippen molar-refractivity contribution in [3.63, 3.8) is 0 Å². The van der Waals surface area contributed by atoms with E-state index in [0.29, 0.717) is 30.8 Å². The zero-order valence-electron chi connectivity index (χ0n) is 17.0. The van der Waals surface area contributed by atoms with Crippen molar-refractivity contribution in [3.8, 4) is 11.1 Å². The number of nitrogens with one attached hydrogen (secondary N) is 1. The monoisotopic (exact) mass is 399 g/mol. The Kier molecular flexibility index (Phi) is 5.61. The molecule has 4 rings (SSSR count). The SMILES string of the molecule is CNC(=O)C1(c2ccccn2)CCCN(C(=O)c2ccccc2-c2ccccc2)C1. The maximum atomic E-state index is 13.6. The summed E-state index contributed by atoms with van der Waals surface area (Å²) in [5.74, 6) is -0.159. The summed E-state index contributed by atoms with van der Waals surface area (Å²) in [7, 11) is 1.64. The van der Waals surface area contributed by atoms with Crippen LogP contribution in [0.2, 0.25) is 0 Å². The standard InChI is InChI=1S/C25H25N3O2/c1-26-24(30)25(22-14-7-8-16-27-22)15-9-17-28(18-25)23(29)21-13-6-5-12-20(21)19-10-3-2-4-11-19/h2-8,10-14,16H,9,15,17-18H2,1H3,(H,26,30). The molecule has 1 aliphatic rings. The quantitative estimate of drug-likeness (QED) is 0.728. The first kappa shape index (κ1) is 19.8. The molecule has 1 fully saturated rings. The molecular formula is C25H25N3O2. The van der Waals surface area contributed by atoms with Crippen molar-refractivity contribution in [1.82, 2.24) is 15.2 Å². The molecule has 3 aromatic rings. The number of nitrogens with zero attached hydrogens (tertiary/aromatic N) is 2. The molecule has 0 radical (unpaired) electrons. The van der Waals surface area contributed by atoms with Gasteiger partial charge in [0.1, 0.15) is 5.41 Å². The fourth-order valence-corrected chi connectivity index (χ4v) is 4.33. The van der Waals surface area contributed by atoms with Crippen LogP contribution in [0.1, 0.15) is 28.9 Å². The average Bonchev–Trinajstić information content (AvgIpc) is 2.84. The Hall–Kier alpha value is -3.47. The van der Waals surface area contributed by atoms with Crippen molar-refractivity contribution in [3.05, 3.63) is 90.3 Å². The molecule has 2 amide bonds. The summed E-state index contributed by atoms with van der Waals surface area (Å²) in [6.07, 6.45) is 3.10. The lowest BCUT2D eigenvalue weighted by Gasteiger charge is -2.41. The van der Waals surface area contributed by atoms with Gasteiger partial charge in [-0.15, -0.1) is 0 Å². The Balaban J connectivity index is 1.70. The van der Waals surface area contributed by atoms with Crippen LogP contribution in [0.4, 0.5) is 0 Å². The van der Waals surface area contributed by atoms with Gasteiger partial charge in [-0.2, -0.15) is 0 Å². The highest BCUT2D eigenvalue weighted by Crippen LogP contribution is 2.35. The molecule has 0 aliphatic carbocycles. The van der Waals surface area contributed by atoms with Gasteiger partial charge in [0.2, 0.25) is 5.91 Å². The summed E-state index contributed by atoms with van der Waals surface area (Å²) in [6, 6.07) is 23.2. The molecule has 152 valence electrons. The zero-order valence-corrected chi connectivity index (χ0v) is 17.0. The van der Waals surface area contributed by atoms with Gasteiger partial charge >= 0.3 is 0 Å². The summed E-state index contributed by atoms with van der Waals surface area (Å²) < 4.78 is 0. The van der Waals surface area contributed by atoms with E-state index in [1.807, 2.05) is 72.8 Å².